The summed E-state index contributed by atoms with van der Waals surface area (Å²) < 4.78 is 20.4. The summed E-state index contributed by atoms with van der Waals surface area (Å²) in [5, 5.41) is 0. The molecule has 1 heterocycles. The van der Waals surface area contributed by atoms with Gasteiger partial charge >= 0.3 is 0 Å². The molecule has 1 aliphatic carbocycles. The average Bonchev–Trinajstić information content (AvgIpc) is 2.54. The van der Waals surface area contributed by atoms with Gasteiger partial charge in [-0.3, -0.25) is 9.88 Å². The van der Waals surface area contributed by atoms with Crippen LogP contribution in [0.15, 0.2) is 47.5 Å². The number of pyridine rings is 1. The molecular formula is C17H20N2O2S. The Hall–Kier alpha value is -1.56. The predicted molar refractivity (Wildman–Crippen MR) is 86.9 cm³/mol. The highest BCUT2D eigenvalue weighted by atomic mass is 32.2. The Morgan fingerprint density at radius 2 is 2.23 bits per heavy atom. The van der Waals surface area contributed by atoms with Crippen molar-refractivity contribution in [1.29, 1.82) is 0 Å². The fourth-order valence-corrected chi connectivity index (χ4v) is 3.61. The van der Waals surface area contributed by atoms with Crippen LogP contribution in [0.3, 0.4) is 0 Å². The zero-order valence-electron chi connectivity index (χ0n) is 12.6. The molecule has 0 saturated heterocycles. The number of nitrogens with zero attached hydrogens (tertiary/aromatic N) is 2. The normalized spacial score (nSPS) is 19.0. The van der Waals surface area contributed by atoms with E-state index < -0.39 is 11.1 Å². The van der Waals surface area contributed by atoms with Crippen LogP contribution in [0.1, 0.15) is 35.7 Å². The molecule has 116 valence electrons. The van der Waals surface area contributed by atoms with Gasteiger partial charge in [-0.1, -0.05) is 18.2 Å². The summed E-state index contributed by atoms with van der Waals surface area (Å²) in [6.45, 7) is 0.742. The summed E-state index contributed by atoms with van der Waals surface area (Å²) in [6, 6.07) is 11.8. The first-order valence-corrected chi connectivity index (χ1v) is 8.59. The maximum Gasteiger partial charge on any atom is 0.186 e. The van der Waals surface area contributed by atoms with Crippen LogP contribution >= 0.6 is 0 Å². The molecule has 0 saturated carbocycles. The van der Waals surface area contributed by atoms with Gasteiger partial charge in [-0.2, -0.15) is 0 Å². The fraction of sp³-hybridized carbons (Fsp3) is 0.353. The Balaban J connectivity index is 1.79. The third kappa shape index (κ3) is 3.27. The van der Waals surface area contributed by atoms with Crippen LogP contribution in [0.2, 0.25) is 0 Å². The van der Waals surface area contributed by atoms with Crippen LogP contribution in [0.4, 0.5) is 0 Å². The number of fused-ring (bicyclic) bond motifs is 1. The van der Waals surface area contributed by atoms with Gasteiger partial charge < -0.3 is 4.55 Å². The SMILES string of the molecule is CN(Cc1cccc(S(=O)O)c1)C1CCCc2cccnc21. The monoisotopic (exact) mass is 316 g/mol. The van der Waals surface area contributed by atoms with Gasteiger partial charge in [0, 0.05) is 12.7 Å². The minimum atomic E-state index is -1.93. The molecule has 0 amide bonds. The summed E-state index contributed by atoms with van der Waals surface area (Å²) in [5.74, 6) is 0. The molecule has 0 bridgehead atoms. The van der Waals surface area contributed by atoms with Gasteiger partial charge in [0.2, 0.25) is 0 Å². The lowest BCUT2D eigenvalue weighted by atomic mass is 9.91. The van der Waals surface area contributed by atoms with E-state index in [0.717, 1.165) is 24.9 Å². The highest BCUT2D eigenvalue weighted by molar-refractivity contribution is 7.79. The molecule has 4 nitrogen and oxygen atoms in total. The van der Waals surface area contributed by atoms with E-state index in [-0.39, 0.29) is 0 Å². The van der Waals surface area contributed by atoms with Crippen LogP contribution in [0, 0.1) is 0 Å². The zero-order valence-corrected chi connectivity index (χ0v) is 13.4. The topological polar surface area (TPSA) is 53.4 Å². The summed E-state index contributed by atoms with van der Waals surface area (Å²) in [5.41, 5.74) is 3.57. The Morgan fingerprint density at radius 3 is 3.05 bits per heavy atom. The smallest absolute Gasteiger partial charge is 0.186 e. The minimum Gasteiger partial charge on any atom is -0.302 e. The van der Waals surface area contributed by atoms with Crippen molar-refractivity contribution in [3.05, 3.63) is 59.4 Å². The van der Waals surface area contributed by atoms with E-state index in [9.17, 15) is 8.76 Å². The second-order valence-electron chi connectivity index (χ2n) is 5.77. The van der Waals surface area contributed by atoms with E-state index in [0.29, 0.717) is 10.9 Å². The number of hydrogen-bond donors (Lipinski definition) is 1. The molecule has 1 aromatic carbocycles. The van der Waals surface area contributed by atoms with Crippen LogP contribution in [-0.2, 0) is 24.0 Å². The van der Waals surface area contributed by atoms with Gasteiger partial charge in [-0.15, -0.1) is 0 Å². The van der Waals surface area contributed by atoms with Crippen LogP contribution in [-0.4, -0.2) is 25.7 Å². The van der Waals surface area contributed by atoms with Gasteiger partial charge in [0.1, 0.15) is 0 Å². The van der Waals surface area contributed by atoms with Gasteiger partial charge in [-0.25, -0.2) is 4.21 Å². The Morgan fingerprint density at radius 1 is 1.36 bits per heavy atom. The molecule has 1 N–H and O–H groups in total. The van der Waals surface area contributed by atoms with Gasteiger partial charge in [-0.05, 0) is 55.6 Å². The maximum absolute atomic E-state index is 11.2. The molecule has 2 unspecified atom stereocenters. The second kappa shape index (κ2) is 6.69. The maximum atomic E-state index is 11.2. The van der Waals surface area contributed by atoms with Gasteiger partial charge in [0.15, 0.2) is 11.1 Å². The molecule has 2 aromatic rings. The van der Waals surface area contributed by atoms with Gasteiger partial charge in [0.05, 0.1) is 16.6 Å². The second-order valence-corrected chi connectivity index (χ2v) is 6.74. The summed E-state index contributed by atoms with van der Waals surface area (Å²) >= 11 is -1.93. The Kier molecular flexibility index (Phi) is 4.66. The van der Waals surface area contributed by atoms with Crippen molar-refractivity contribution in [2.45, 2.75) is 36.7 Å². The fourth-order valence-electron chi connectivity index (χ4n) is 3.16. The van der Waals surface area contributed by atoms with Crippen LogP contribution in [0.25, 0.3) is 0 Å². The van der Waals surface area contributed by atoms with Crippen molar-refractivity contribution in [3.8, 4) is 0 Å². The van der Waals surface area contributed by atoms with E-state index in [1.54, 1.807) is 12.1 Å². The number of aromatic nitrogens is 1. The predicted octanol–water partition coefficient (Wildman–Crippen LogP) is 3.17. The van der Waals surface area contributed by atoms with Crippen molar-refractivity contribution in [3.63, 3.8) is 0 Å². The first-order chi connectivity index (χ1) is 10.6. The third-order valence-electron chi connectivity index (χ3n) is 4.23. The average molecular weight is 316 g/mol. The molecule has 0 spiro atoms. The minimum absolute atomic E-state index is 0.313. The van der Waals surface area contributed by atoms with Gasteiger partial charge in [0.25, 0.3) is 0 Å². The van der Waals surface area contributed by atoms with Crippen molar-refractivity contribution in [2.75, 3.05) is 7.05 Å². The van der Waals surface area contributed by atoms with Crippen LogP contribution < -0.4 is 0 Å². The van der Waals surface area contributed by atoms with Crippen molar-refractivity contribution >= 4 is 11.1 Å². The van der Waals surface area contributed by atoms with Crippen molar-refractivity contribution < 1.29 is 8.76 Å². The molecular weight excluding hydrogens is 296 g/mol. The van der Waals surface area contributed by atoms with Crippen molar-refractivity contribution in [2.24, 2.45) is 0 Å². The number of aryl methyl sites for hydroxylation is 1. The van der Waals surface area contributed by atoms with E-state index in [2.05, 4.69) is 23.0 Å². The lowest BCUT2D eigenvalue weighted by Crippen LogP contribution is -2.28. The zero-order chi connectivity index (χ0) is 15.5. The quantitative estimate of drug-likeness (QED) is 0.880. The molecule has 3 rings (SSSR count). The number of rotatable bonds is 4. The Bertz CT molecular complexity index is 690. The van der Waals surface area contributed by atoms with E-state index in [1.165, 1.54) is 17.7 Å². The lowest BCUT2D eigenvalue weighted by Gasteiger charge is -2.32. The summed E-state index contributed by atoms with van der Waals surface area (Å²) in [4.78, 5) is 7.31. The van der Waals surface area contributed by atoms with Crippen molar-refractivity contribution in [1.82, 2.24) is 9.88 Å². The summed E-state index contributed by atoms with van der Waals surface area (Å²) in [7, 11) is 2.09. The highest BCUT2D eigenvalue weighted by Crippen LogP contribution is 2.32. The lowest BCUT2D eigenvalue weighted by molar-refractivity contribution is 0.208. The third-order valence-corrected chi connectivity index (χ3v) is 4.89. The molecule has 0 aliphatic heterocycles. The first kappa shape index (κ1) is 15.3. The molecule has 0 fully saturated rings. The highest BCUT2D eigenvalue weighted by Gasteiger charge is 2.24. The molecule has 1 aromatic heterocycles. The number of benzene rings is 1. The van der Waals surface area contributed by atoms with E-state index >= 15 is 0 Å². The van der Waals surface area contributed by atoms with E-state index in [1.807, 2.05) is 24.4 Å². The standard InChI is InChI=1S/C17H20N2O2S/c1-19(12-13-5-2-8-15(11-13)22(20)21)16-9-3-6-14-7-4-10-18-17(14)16/h2,4-5,7-8,10-11,16H,3,6,9,12H2,1H3,(H,20,21). The summed E-state index contributed by atoms with van der Waals surface area (Å²) in [6.07, 6.45) is 5.24. The van der Waals surface area contributed by atoms with Crippen LogP contribution in [0.5, 0.6) is 0 Å². The molecule has 2 atom stereocenters. The van der Waals surface area contributed by atoms with E-state index in [4.69, 9.17) is 0 Å². The molecule has 5 heteroatoms. The molecule has 0 radical (unpaired) electrons. The molecule has 1 aliphatic rings. The Labute approximate surface area is 133 Å². The number of hydrogen-bond acceptors (Lipinski definition) is 3. The first-order valence-electron chi connectivity index (χ1n) is 7.49. The largest absolute Gasteiger partial charge is 0.302 e. The molecule has 22 heavy (non-hydrogen) atoms.